The second-order valence-corrected chi connectivity index (χ2v) is 7.42. The van der Waals surface area contributed by atoms with Crippen molar-refractivity contribution in [3.63, 3.8) is 0 Å². The first-order valence-electron chi connectivity index (χ1n) is 6.42. The third kappa shape index (κ3) is 4.07. The second kappa shape index (κ2) is 6.68. The van der Waals surface area contributed by atoms with Crippen molar-refractivity contribution in [2.45, 2.75) is 38.1 Å². The van der Waals surface area contributed by atoms with E-state index in [9.17, 15) is 4.79 Å². The number of nitrogens with one attached hydrogen (secondary N) is 1. The smallest absolute Gasteiger partial charge is 0.223 e. The van der Waals surface area contributed by atoms with Crippen LogP contribution in [-0.4, -0.2) is 18.5 Å². The SMILES string of the molecule is NC1CCCC(C(=O)NCCc2ccc(Br)s2)C1. The van der Waals surface area contributed by atoms with E-state index in [-0.39, 0.29) is 17.9 Å². The molecule has 0 saturated heterocycles. The van der Waals surface area contributed by atoms with Crippen molar-refractivity contribution >= 4 is 33.2 Å². The van der Waals surface area contributed by atoms with E-state index >= 15 is 0 Å². The molecule has 0 aliphatic heterocycles. The fourth-order valence-corrected chi connectivity index (χ4v) is 3.89. The van der Waals surface area contributed by atoms with Crippen molar-refractivity contribution in [1.82, 2.24) is 5.32 Å². The molecule has 1 fully saturated rings. The Labute approximate surface area is 120 Å². The van der Waals surface area contributed by atoms with E-state index in [1.54, 1.807) is 11.3 Å². The molecule has 3 nitrogen and oxygen atoms in total. The molecule has 2 unspecified atom stereocenters. The zero-order valence-corrected chi connectivity index (χ0v) is 12.7. The highest BCUT2D eigenvalue weighted by Gasteiger charge is 2.24. The Balaban J connectivity index is 1.71. The van der Waals surface area contributed by atoms with E-state index in [4.69, 9.17) is 5.73 Å². The standard InChI is InChI=1S/C13H19BrN2OS/c14-12-5-4-11(18-12)6-7-16-13(17)9-2-1-3-10(15)8-9/h4-5,9-10H,1-3,6-8,15H2,(H,16,17). The van der Waals surface area contributed by atoms with Crippen LogP contribution in [0.4, 0.5) is 0 Å². The fourth-order valence-electron chi connectivity index (χ4n) is 2.41. The van der Waals surface area contributed by atoms with Gasteiger partial charge in [-0.25, -0.2) is 0 Å². The Hall–Kier alpha value is -0.390. The molecule has 1 amide bonds. The third-order valence-corrected chi connectivity index (χ3v) is 5.07. The Bertz CT molecular complexity index is 407. The summed E-state index contributed by atoms with van der Waals surface area (Å²) in [4.78, 5) is 13.3. The lowest BCUT2D eigenvalue weighted by atomic mass is 9.85. The van der Waals surface area contributed by atoms with Crippen LogP contribution >= 0.6 is 27.3 Å². The van der Waals surface area contributed by atoms with Crippen molar-refractivity contribution < 1.29 is 4.79 Å². The van der Waals surface area contributed by atoms with Crippen molar-refractivity contribution in [3.8, 4) is 0 Å². The van der Waals surface area contributed by atoms with Gasteiger partial charge in [-0.15, -0.1) is 11.3 Å². The number of thiophene rings is 1. The predicted molar refractivity (Wildman–Crippen MR) is 78.7 cm³/mol. The van der Waals surface area contributed by atoms with Gasteiger partial charge in [0.2, 0.25) is 5.91 Å². The topological polar surface area (TPSA) is 55.1 Å². The first kappa shape index (κ1) is 14.0. The number of halogens is 1. The number of carbonyl (C=O) groups is 1. The molecule has 1 aromatic heterocycles. The van der Waals surface area contributed by atoms with E-state index in [0.29, 0.717) is 0 Å². The summed E-state index contributed by atoms with van der Waals surface area (Å²) < 4.78 is 1.14. The maximum absolute atomic E-state index is 12.0. The number of amides is 1. The van der Waals surface area contributed by atoms with Crippen LogP contribution in [0, 0.1) is 5.92 Å². The molecule has 1 aromatic rings. The molecular weight excluding hydrogens is 312 g/mol. The van der Waals surface area contributed by atoms with Gasteiger partial charge in [-0.3, -0.25) is 4.79 Å². The van der Waals surface area contributed by atoms with E-state index in [1.807, 2.05) is 6.07 Å². The zero-order valence-electron chi connectivity index (χ0n) is 10.3. The zero-order chi connectivity index (χ0) is 13.0. The van der Waals surface area contributed by atoms with E-state index < -0.39 is 0 Å². The van der Waals surface area contributed by atoms with Crippen LogP contribution in [-0.2, 0) is 11.2 Å². The van der Waals surface area contributed by atoms with Gasteiger partial charge in [0, 0.05) is 23.4 Å². The molecule has 100 valence electrons. The van der Waals surface area contributed by atoms with Gasteiger partial charge in [-0.05, 0) is 53.7 Å². The van der Waals surface area contributed by atoms with E-state index in [0.717, 1.165) is 42.4 Å². The minimum absolute atomic E-state index is 0.129. The number of hydrogen-bond donors (Lipinski definition) is 2. The van der Waals surface area contributed by atoms with Crippen LogP contribution in [0.25, 0.3) is 0 Å². The highest BCUT2D eigenvalue weighted by atomic mass is 79.9. The van der Waals surface area contributed by atoms with Crippen molar-refractivity contribution in [2.75, 3.05) is 6.54 Å². The van der Waals surface area contributed by atoms with E-state index in [2.05, 4.69) is 27.3 Å². The molecular formula is C13H19BrN2OS. The molecule has 0 radical (unpaired) electrons. The van der Waals surface area contributed by atoms with Gasteiger partial charge in [-0.1, -0.05) is 6.42 Å². The van der Waals surface area contributed by atoms with Gasteiger partial charge in [0.15, 0.2) is 0 Å². The average Bonchev–Trinajstić information content (AvgIpc) is 2.75. The number of rotatable bonds is 4. The Morgan fingerprint density at radius 2 is 2.33 bits per heavy atom. The first-order chi connectivity index (χ1) is 8.65. The molecule has 1 aliphatic rings. The maximum atomic E-state index is 12.0. The molecule has 0 aromatic carbocycles. The number of nitrogens with two attached hydrogens (primary N) is 1. The predicted octanol–water partition coefficient (Wildman–Crippen LogP) is 2.69. The van der Waals surface area contributed by atoms with Crippen LogP contribution < -0.4 is 11.1 Å². The van der Waals surface area contributed by atoms with Crippen LogP contribution in [0.1, 0.15) is 30.6 Å². The summed E-state index contributed by atoms with van der Waals surface area (Å²) in [5.41, 5.74) is 5.90. The molecule has 18 heavy (non-hydrogen) atoms. The summed E-state index contributed by atoms with van der Waals surface area (Å²) >= 11 is 5.16. The highest BCUT2D eigenvalue weighted by molar-refractivity contribution is 9.11. The summed E-state index contributed by atoms with van der Waals surface area (Å²) in [6.45, 7) is 0.720. The lowest BCUT2D eigenvalue weighted by Crippen LogP contribution is -2.38. The van der Waals surface area contributed by atoms with Crippen molar-refractivity contribution in [3.05, 3.63) is 20.8 Å². The molecule has 5 heteroatoms. The normalized spacial score (nSPS) is 23.9. The molecule has 2 atom stereocenters. The second-order valence-electron chi connectivity index (χ2n) is 4.87. The Morgan fingerprint density at radius 3 is 3.00 bits per heavy atom. The van der Waals surface area contributed by atoms with Gasteiger partial charge >= 0.3 is 0 Å². The largest absolute Gasteiger partial charge is 0.356 e. The molecule has 1 heterocycles. The summed E-state index contributed by atoms with van der Waals surface area (Å²) in [5, 5.41) is 3.03. The van der Waals surface area contributed by atoms with Gasteiger partial charge in [0.25, 0.3) is 0 Å². The van der Waals surface area contributed by atoms with Crippen molar-refractivity contribution in [2.24, 2.45) is 11.7 Å². The van der Waals surface area contributed by atoms with Crippen LogP contribution in [0.15, 0.2) is 15.9 Å². The maximum Gasteiger partial charge on any atom is 0.223 e. The summed E-state index contributed by atoms with van der Waals surface area (Å²) in [6, 6.07) is 4.35. The lowest BCUT2D eigenvalue weighted by Gasteiger charge is -2.25. The van der Waals surface area contributed by atoms with Gasteiger partial charge in [0.05, 0.1) is 3.79 Å². The van der Waals surface area contributed by atoms with Gasteiger partial charge in [0.1, 0.15) is 0 Å². The monoisotopic (exact) mass is 330 g/mol. The average molecular weight is 331 g/mol. The van der Waals surface area contributed by atoms with Crippen LogP contribution in [0.5, 0.6) is 0 Å². The van der Waals surface area contributed by atoms with Crippen molar-refractivity contribution in [1.29, 1.82) is 0 Å². The number of carbonyl (C=O) groups excluding carboxylic acids is 1. The summed E-state index contributed by atoms with van der Waals surface area (Å²) in [5.74, 6) is 0.310. The Kier molecular flexibility index (Phi) is 5.21. The quantitative estimate of drug-likeness (QED) is 0.891. The highest BCUT2D eigenvalue weighted by Crippen LogP contribution is 2.24. The fraction of sp³-hybridized carbons (Fsp3) is 0.615. The van der Waals surface area contributed by atoms with Gasteiger partial charge in [-0.2, -0.15) is 0 Å². The number of hydrogen-bond acceptors (Lipinski definition) is 3. The van der Waals surface area contributed by atoms with Crippen LogP contribution in [0.2, 0.25) is 0 Å². The molecule has 1 aliphatic carbocycles. The molecule has 1 saturated carbocycles. The lowest BCUT2D eigenvalue weighted by molar-refractivity contribution is -0.126. The molecule has 2 rings (SSSR count). The minimum atomic E-state index is 0.129. The Morgan fingerprint density at radius 1 is 1.50 bits per heavy atom. The van der Waals surface area contributed by atoms with E-state index in [1.165, 1.54) is 4.88 Å². The minimum Gasteiger partial charge on any atom is -0.356 e. The van der Waals surface area contributed by atoms with Gasteiger partial charge < -0.3 is 11.1 Å². The molecule has 3 N–H and O–H groups in total. The third-order valence-electron chi connectivity index (χ3n) is 3.39. The first-order valence-corrected chi connectivity index (χ1v) is 8.03. The molecule has 0 spiro atoms. The summed E-state index contributed by atoms with van der Waals surface area (Å²) in [7, 11) is 0. The van der Waals surface area contributed by atoms with Crippen LogP contribution in [0.3, 0.4) is 0 Å². The summed E-state index contributed by atoms with van der Waals surface area (Å²) in [6.07, 6.45) is 4.88. The molecule has 0 bridgehead atoms.